The molecule has 1 heterocycles. The molecule has 0 atom stereocenters. The van der Waals surface area contributed by atoms with Crippen LogP contribution in [-0.4, -0.2) is 59.2 Å². The Hall–Kier alpha value is -2.42. The number of carbonyl (C=O) groups excluding carboxylic acids is 3. The van der Waals surface area contributed by atoms with Gasteiger partial charge in [-0.1, -0.05) is 0 Å². The average molecular weight is 297 g/mol. The van der Waals surface area contributed by atoms with E-state index in [-0.39, 0.29) is 19.0 Å². The van der Waals surface area contributed by atoms with E-state index in [9.17, 15) is 14.4 Å². The largest absolute Gasteiger partial charge is 0.464 e. The lowest BCUT2D eigenvalue weighted by Gasteiger charge is -2.20. The molecule has 1 aromatic rings. The highest BCUT2D eigenvalue weighted by molar-refractivity contribution is 5.87. The molecule has 4 N–H and O–H groups in total. The predicted molar refractivity (Wildman–Crippen MR) is 73.0 cm³/mol. The van der Waals surface area contributed by atoms with E-state index in [1.807, 2.05) is 0 Å². The van der Waals surface area contributed by atoms with Gasteiger partial charge < -0.3 is 21.1 Å². The highest BCUT2D eigenvalue weighted by atomic mass is 16.5. The van der Waals surface area contributed by atoms with Crippen LogP contribution in [0.2, 0.25) is 0 Å². The van der Waals surface area contributed by atoms with Crippen molar-refractivity contribution in [3.8, 4) is 0 Å². The van der Waals surface area contributed by atoms with Gasteiger partial charge in [0, 0.05) is 19.3 Å². The number of rotatable bonds is 8. The standard InChI is InChI=1S/C12H19N5O4/c1-21-12(20)9-3-4-15-17(9)6-2-5-16(8-10(14)18)11(19)7-13/h3-4H,2,5-8,13H2,1H3,(H2,14,18). The summed E-state index contributed by atoms with van der Waals surface area (Å²) in [6.45, 7) is 0.311. The first-order valence-corrected chi connectivity index (χ1v) is 6.35. The summed E-state index contributed by atoms with van der Waals surface area (Å²) in [5.41, 5.74) is 10.7. The number of aryl methyl sites for hydroxylation is 1. The molecule has 1 aromatic heterocycles. The topological polar surface area (TPSA) is 134 Å². The molecule has 0 aromatic carbocycles. The molecular formula is C12H19N5O4. The monoisotopic (exact) mass is 297 g/mol. The van der Waals surface area contributed by atoms with Gasteiger partial charge in [0.25, 0.3) is 0 Å². The van der Waals surface area contributed by atoms with E-state index in [1.165, 1.54) is 29.0 Å². The van der Waals surface area contributed by atoms with Crippen molar-refractivity contribution in [1.29, 1.82) is 0 Å². The third kappa shape index (κ3) is 4.88. The van der Waals surface area contributed by atoms with Gasteiger partial charge in [-0.05, 0) is 12.5 Å². The molecule has 9 heteroatoms. The van der Waals surface area contributed by atoms with E-state index in [1.54, 1.807) is 0 Å². The number of amides is 2. The van der Waals surface area contributed by atoms with E-state index < -0.39 is 11.9 Å². The molecule has 9 nitrogen and oxygen atoms in total. The first-order valence-electron chi connectivity index (χ1n) is 6.35. The van der Waals surface area contributed by atoms with Gasteiger partial charge in [0.15, 0.2) is 0 Å². The zero-order valence-electron chi connectivity index (χ0n) is 11.8. The van der Waals surface area contributed by atoms with Gasteiger partial charge in [-0.3, -0.25) is 14.3 Å². The van der Waals surface area contributed by atoms with Crippen molar-refractivity contribution in [3.05, 3.63) is 18.0 Å². The third-order valence-electron chi connectivity index (χ3n) is 2.78. The predicted octanol–water partition coefficient (Wildman–Crippen LogP) is -1.67. The lowest BCUT2D eigenvalue weighted by atomic mass is 10.3. The minimum absolute atomic E-state index is 0.182. The summed E-state index contributed by atoms with van der Waals surface area (Å²) in [6, 6.07) is 1.54. The van der Waals surface area contributed by atoms with E-state index in [2.05, 4.69) is 9.84 Å². The summed E-state index contributed by atoms with van der Waals surface area (Å²) in [6.07, 6.45) is 1.98. The molecule has 0 fully saturated rings. The SMILES string of the molecule is COC(=O)c1ccnn1CCCN(CC(N)=O)C(=O)CN. The highest BCUT2D eigenvalue weighted by Crippen LogP contribution is 2.03. The summed E-state index contributed by atoms with van der Waals surface area (Å²) < 4.78 is 6.10. The average Bonchev–Trinajstić information content (AvgIpc) is 2.92. The molecule has 0 radical (unpaired) electrons. The Kier molecular flexibility index (Phi) is 6.34. The number of esters is 1. The van der Waals surface area contributed by atoms with Gasteiger partial charge in [-0.25, -0.2) is 4.79 Å². The van der Waals surface area contributed by atoms with Gasteiger partial charge in [-0.2, -0.15) is 5.10 Å². The number of carbonyl (C=O) groups is 3. The number of aromatic nitrogens is 2. The normalized spacial score (nSPS) is 10.2. The van der Waals surface area contributed by atoms with Crippen molar-refractivity contribution in [1.82, 2.24) is 14.7 Å². The summed E-state index contributed by atoms with van der Waals surface area (Å²) in [5, 5.41) is 4.00. The minimum Gasteiger partial charge on any atom is -0.464 e. The molecule has 0 saturated carbocycles. The number of methoxy groups -OCH3 is 1. The fraction of sp³-hybridized carbons (Fsp3) is 0.500. The quantitative estimate of drug-likeness (QED) is 0.551. The second-order valence-corrected chi connectivity index (χ2v) is 4.27. The Morgan fingerprint density at radius 2 is 2.14 bits per heavy atom. The van der Waals surface area contributed by atoms with E-state index in [4.69, 9.17) is 11.5 Å². The smallest absolute Gasteiger partial charge is 0.356 e. The molecular weight excluding hydrogens is 278 g/mol. The lowest BCUT2D eigenvalue weighted by Crippen LogP contribution is -2.42. The first kappa shape index (κ1) is 16.6. The van der Waals surface area contributed by atoms with Crippen LogP contribution in [0.25, 0.3) is 0 Å². The maximum absolute atomic E-state index is 11.6. The van der Waals surface area contributed by atoms with Crippen LogP contribution >= 0.6 is 0 Å². The van der Waals surface area contributed by atoms with Gasteiger partial charge in [-0.15, -0.1) is 0 Å². The van der Waals surface area contributed by atoms with E-state index in [0.717, 1.165) is 0 Å². The summed E-state index contributed by atoms with van der Waals surface area (Å²) in [5.74, 6) is -1.45. The second-order valence-electron chi connectivity index (χ2n) is 4.27. The Balaban J connectivity index is 2.58. The van der Waals surface area contributed by atoms with Crippen LogP contribution in [0.15, 0.2) is 12.3 Å². The van der Waals surface area contributed by atoms with Crippen molar-refractivity contribution in [2.45, 2.75) is 13.0 Å². The van der Waals surface area contributed by atoms with E-state index >= 15 is 0 Å². The fourth-order valence-electron chi connectivity index (χ4n) is 1.81. The first-order chi connectivity index (χ1) is 9.99. The van der Waals surface area contributed by atoms with Crippen LogP contribution in [0, 0.1) is 0 Å². The van der Waals surface area contributed by atoms with Gasteiger partial charge in [0.1, 0.15) is 5.69 Å². The maximum atomic E-state index is 11.6. The molecule has 116 valence electrons. The molecule has 2 amide bonds. The molecule has 1 rings (SSSR count). The van der Waals surface area contributed by atoms with Gasteiger partial charge in [0.2, 0.25) is 11.8 Å². The number of primary amides is 1. The van der Waals surface area contributed by atoms with Gasteiger partial charge in [0.05, 0.1) is 20.2 Å². The van der Waals surface area contributed by atoms with Crippen LogP contribution in [0.3, 0.4) is 0 Å². The molecule has 0 aliphatic carbocycles. The van der Waals surface area contributed by atoms with Crippen molar-refractivity contribution in [2.75, 3.05) is 26.7 Å². The van der Waals surface area contributed by atoms with Crippen LogP contribution in [0.4, 0.5) is 0 Å². The zero-order valence-corrected chi connectivity index (χ0v) is 11.8. The number of hydrogen-bond acceptors (Lipinski definition) is 6. The minimum atomic E-state index is -0.605. The Labute approximate surface area is 121 Å². The Bertz CT molecular complexity index is 514. The van der Waals surface area contributed by atoms with Crippen molar-refractivity contribution in [2.24, 2.45) is 11.5 Å². The molecule has 0 saturated heterocycles. The van der Waals surface area contributed by atoms with E-state index in [0.29, 0.717) is 25.2 Å². The third-order valence-corrected chi connectivity index (χ3v) is 2.78. The lowest BCUT2D eigenvalue weighted by molar-refractivity contribution is -0.134. The molecule has 0 bridgehead atoms. The zero-order chi connectivity index (χ0) is 15.8. The number of nitrogens with two attached hydrogens (primary N) is 2. The van der Waals surface area contributed by atoms with Crippen molar-refractivity contribution < 1.29 is 19.1 Å². The fourth-order valence-corrected chi connectivity index (χ4v) is 1.81. The maximum Gasteiger partial charge on any atom is 0.356 e. The molecule has 0 aliphatic heterocycles. The Morgan fingerprint density at radius 1 is 1.43 bits per heavy atom. The van der Waals surface area contributed by atoms with Gasteiger partial charge >= 0.3 is 5.97 Å². The molecule has 0 unspecified atom stereocenters. The summed E-state index contributed by atoms with van der Waals surface area (Å²) >= 11 is 0. The number of hydrogen-bond donors (Lipinski definition) is 2. The van der Waals surface area contributed by atoms with Crippen LogP contribution in [-0.2, 0) is 20.9 Å². The van der Waals surface area contributed by atoms with Crippen molar-refractivity contribution in [3.63, 3.8) is 0 Å². The number of nitrogens with zero attached hydrogens (tertiary/aromatic N) is 3. The number of ether oxygens (including phenoxy) is 1. The molecule has 0 spiro atoms. The second kappa shape index (κ2) is 8.00. The molecule has 0 aliphatic rings. The highest BCUT2D eigenvalue weighted by Gasteiger charge is 2.15. The van der Waals surface area contributed by atoms with Crippen LogP contribution in [0.5, 0.6) is 0 Å². The Morgan fingerprint density at radius 3 is 2.71 bits per heavy atom. The summed E-state index contributed by atoms with van der Waals surface area (Å²) in [4.78, 5) is 35.2. The molecule has 21 heavy (non-hydrogen) atoms. The van der Waals surface area contributed by atoms with Crippen LogP contribution in [0.1, 0.15) is 16.9 Å². The van der Waals surface area contributed by atoms with Crippen molar-refractivity contribution >= 4 is 17.8 Å². The summed E-state index contributed by atoms with van der Waals surface area (Å²) in [7, 11) is 1.29. The van der Waals surface area contributed by atoms with Crippen LogP contribution < -0.4 is 11.5 Å².